The Bertz CT molecular complexity index is 704. The molecule has 2 aromatic carbocycles. The number of hydrogen-bond acceptors (Lipinski definition) is 4. The predicted molar refractivity (Wildman–Crippen MR) is 92.9 cm³/mol. The number of hydrogen-bond donors (Lipinski definition) is 2. The normalized spacial score (nSPS) is 10.1. The molecular weight excluding hydrogens is 316 g/mol. The van der Waals surface area contributed by atoms with Gasteiger partial charge in [-0.05, 0) is 36.8 Å². The first-order chi connectivity index (χ1) is 11.0. The molecule has 5 nitrogen and oxygen atoms in total. The van der Waals surface area contributed by atoms with E-state index >= 15 is 0 Å². The summed E-state index contributed by atoms with van der Waals surface area (Å²) >= 11 is 5.89. The maximum atomic E-state index is 12.0. The zero-order valence-corrected chi connectivity index (χ0v) is 14.0. The summed E-state index contributed by atoms with van der Waals surface area (Å²) in [6, 6.07) is 10.7. The Kier molecular flexibility index (Phi) is 5.71. The van der Waals surface area contributed by atoms with Crippen LogP contribution in [0, 0.1) is 6.92 Å². The average Bonchev–Trinajstić information content (AvgIpc) is 2.53. The number of carbonyl (C=O) groups is 1. The molecule has 0 spiro atoms. The van der Waals surface area contributed by atoms with E-state index in [4.69, 9.17) is 21.1 Å². The summed E-state index contributed by atoms with van der Waals surface area (Å²) in [6.07, 6.45) is 0. The summed E-state index contributed by atoms with van der Waals surface area (Å²) in [6.45, 7) is 2.06. The van der Waals surface area contributed by atoms with Gasteiger partial charge in [-0.15, -0.1) is 0 Å². The van der Waals surface area contributed by atoms with E-state index in [1.54, 1.807) is 44.6 Å². The topological polar surface area (TPSA) is 59.6 Å². The SMILES string of the molecule is COc1cc(C)c(NCC(=O)Nc2cccc(Cl)c2)cc1OC. The minimum Gasteiger partial charge on any atom is -0.493 e. The molecule has 122 valence electrons. The van der Waals surface area contributed by atoms with Gasteiger partial charge in [-0.3, -0.25) is 4.79 Å². The molecule has 0 unspecified atom stereocenters. The number of amides is 1. The minimum atomic E-state index is -0.165. The van der Waals surface area contributed by atoms with E-state index in [-0.39, 0.29) is 12.5 Å². The van der Waals surface area contributed by atoms with Crippen LogP contribution >= 0.6 is 11.6 Å². The zero-order chi connectivity index (χ0) is 16.8. The second kappa shape index (κ2) is 7.74. The van der Waals surface area contributed by atoms with Crippen LogP contribution in [0.5, 0.6) is 11.5 Å². The van der Waals surface area contributed by atoms with Crippen molar-refractivity contribution in [3.63, 3.8) is 0 Å². The van der Waals surface area contributed by atoms with Crippen molar-refractivity contribution < 1.29 is 14.3 Å². The maximum Gasteiger partial charge on any atom is 0.243 e. The van der Waals surface area contributed by atoms with Crippen LogP contribution in [-0.4, -0.2) is 26.7 Å². The summed E-state index contributed by atoms with van der Waals surface area (Å²) in [4.78, 5) is 12.0. The van der Waals surface area contributed by atoms with Crippen molar-refractivity contribution in [2.75, 3.05) is 31.4 Å². The van der Waals surface area contributed by atoms with Crippen LogP contribution in [0.2, 0.25) is 5.02 Å². The van der Waals surface area contributed by atoms with Crippen molar-refractivity contribution in [2.45, 2.75) is 6.92 Å². The Balaban J connectivity index is 2.01. The Morgan fingerprint density at radius 1 is 1.13 bits per heavy atom. The lowest BCUT2D eigenvalue weighted by Gasteiger charge is -2.14. The fourth-order valence-corrected chi connectivity index (χ4v) is 2.31. The lowest BCUT2D eigenvalue weighted by molar-refractivity contribution is -0.114. The number of rotatable bonds is 6. The highest BCUT2D eigenvalue weighted by molar-refractivity contribution is 6.30. The van der Waals surface area contributed by atoms with Gasteiger partial charge >= 0.3 is 0 Å². The Morgan fingerprint density at radius 2 is 1.83 bits per heavy atom. The minimum absolute atomic E-state index is 0.128. The van der Waals surface area contributed by atoms with E-state index in [0.717, 1.165) is 11.3 Å². The Morgan fingerprint density at radius 3 is 2.48 bits per heavy atom. The van der Waals surface area contributed by atoms with E-state index in [0.29, 0.717) is 22.2 Å². The van der Waals surface area contributed by atoms with Gasteiger partial charge in [0.25, 0.3) is 0 Å². The molecule has 6 heteroatoms. The molecule has 0 fully saturated rings. The number of nitrogens with one attached hydrogen (secondary N) is 2. The van der Waals surface area contributed by atoms with Gasteiger partial charge in [-0.25, -0.2) is 0 Å². The highest BCUT2D eigenvalue weighted by Crippen LogP contribution is 2.32. The highest BCUT2D eigenvalue weighted by Gasteiger charge is 2.10. The van der Waals surface area contributed by atoms with E-state index in [1.807, 2.05) is 13.0 Å². The molecule has 2 aromatic rings. The van der Waals surface area contributed by atoms with E-state index in [1.165, 1.54) is 0 Å². The molecule has 0 aliphatic carbocycles. The van der Waals surface area contributed by atoms with Crippen LogP contribution in [0.3, 0.4) is 0 Å². The summed E-state index contributed by atoms with van der Waals surface area (Å²) in [5, 5.41) is 6.45. The summed E-state index contributed by atoms with van der Waals surface area (Å²) < 4.78 is 10.5. The van der Waals surface area contributed by atoms with Crippen LogP contribution in [0.4, 0.5) is 11.4 Å². The van der Waals surface area contributed by atoms with Gasteiger partial charge < -0.3 is 20.1 Å². The molecule has 0 bridgehead atoms. The van der Waals surface area contributed by atoms with Crippen molar-refractivity contribution in [2.24, 2.45) is 0 Å². The smallest absolute Gasteiger partial charge is 0.243 e. The standard InChI is InChI=1S/C17H19ClN2O3/c1-11-7-15(22-2)16(23-3)9-14(11)19-10-17(21)20-13-6-4-5-12(18)8-13/h4-9,19H,10H2,1-3H3,(H,20,21). The molecule has 0 aliphatic heterocycles. The molecule has 2 N–H and O–H groups in total. The summed E-state index contributed by atoms with van der Waals surface area (Å²) in [5.41, 5.74) is 2.43. The molecule has 0 saturated carbocycles. The van der Waals surface area contributed by atoms with Gasteiger partial charge in [-0.2, -0.15) is 0 Å². The fraction of sp³-hybridized carbons (Fsp3) is 0.235. The average molecular weight is 335 g/mol. The quantitative estimate of drug-likeness (QED) is 0.845. The molecule has 2 rings (SSSR count). The molecule has 1 amide bonds. The number of aryl methyl sites for hydroxylation is 1. The molecule has 0 aromatic heterocycles. The molecule has 0 atom stereocenters. The van der Waals surface area contributed by atoms with Crippen LogP contribution in [-0.2, 0) is 4.79 Å². The van der Waals surface area contributed by atoms with Gasteiger partial charge in [0.2, 0.25) is 5.91 Å². The first kappa shape index (κ1) is 17.0. The van der Waals surface area contributed by atoms with Gasteiger partial charge in [-0.1, -0.05) is 17.7 Å². The van der Waals surface area contributed by atoms with Crippen molar-refractivity contribution in [3.8, 4) is 11.5 Å². The number of benzene rings is 2. The predicted octanol–water partition coefficient (Wildman–Crippen LogP) is 3.72. The maximum absolute atomic E-state index is 12.0. The molecule has 0 radical (unpaired) electrons. The fourth-order valence-electron chi connectivity index (χ4n) is 2.12. The van der Waals surface area contributed by atoms with Gasteiger partial charge in [0.1, 0.15) is 0 Å². The third kappa shape index (κ3) is 4.53. The van der Waals surface area contributed by atoms with Gasteiger partial charge in [0, 0.05) is 22.5 Å². The number of methoxy groups -OCH3 is 2. The Hall–Kier alpha value is -2.40. The first-order valence-electron chi connectivity index (χ1n) is 7.05. The number of anilines is 2. The monoisotopic (exact) mass is 334 g/mol. The number of halogens is 1. The van der Waals surface area contributed by atoms with E-state index < -0.39 is 0 Å². The largest absolute Gasteiger partial charge is 0.493 e. The lowest BCUT2D eigenvalue weighted by atomic mass is 10.1. The first-order valence-corrected chi connectivity index (χ1v) is 7.43. The van der Waals surface area contributed by atoms with Crippen LogP contribution in [0.1, 0.15) is 5.56 Å². The number of carbonyl (C=O) groups excluding carboxylic acids is 1. The van der Waals surface area contributed by atoms with Crippen LogP contribution < -0.4 is 20.1 Å². The van der Waals surface area contributed by atoms with Crippen LogP contribution in [0.25, 0.3) is 0 Å². The number of ether oxygens (including phenoxy) is 2. The van der Waals surface area contributed by atoms with Crippen molar-refractivity contribution in [1.29, 1.82) is 0 Å². The van der Waals surface area contributed by atoms with Crippen molar-refractivity contribution in [3.05, 3.63) is 47.0 Å². The molecule has 0 saturated heterocycles. The van der Waals surface area contributed by atoms with E-state index in [2.05, 4.69) is 10.6 Å². The Labute approximate surface area is 140 Å². The lowest BCUT2D eigenvalue weighted by Crippen LogP contribution is -2.22. The summed E-state index contributed by atoms with van der Waals surface area (Å²) in [5.74, 6) is 1.09. The van der Waals surface area contributed by atoms with Gasteiger partial charge in [0.15, 0.2) is 11.5 Å². The van der Waals surface area contributed by atoms with Crippen molar-refractivity contribution in [1.82, 2.24) is 0 Å². The highest BCUT2D eigenvalue weighted by atomic mass is 35.5. The third-order valence-electron chi connectivity index (χ3n) is 3.28. The van der Waals surface area contributed by atoms with Gasteiger partial charge in [0.05, 0.1) is 20.8 Å². The third-order valence-corrected chi connectivity index (χ3v) is 3.51. The molecule has 0 heterocycles. The molecule has 23 heavy (non-hydrogen) atoms. The van der Waals surface area contributed by atoms with Crippen molar-refractivity contribution >= 4 is 28.9 Å². The second-order valence-corrected chi connectivity index (χ2v) is 5.37. The summed E-state index contributed by atoms with van der Waals surface area (Å²) in [7, 11) is 3.16. The zero-order valence-electron chi connectivity index (χ0n) is 13.3. The van der Waals surface area contributed by atoms with Crippen LogP contribution in [0.15, 0.2) is 36.4 Å². The molecular formula is C17H19ClN2O3. The van der Waals surface area contributed by atoms with E-state index in [9.17, 15) is 4.79 Å². The second-order valence-electron chi connectivity index (χ2n) is 4.93. The molecule has 0 aliphatic rings.